The Labute approximate surface area is 153 Å². The molecule has 0 amide bonds. The molecule has 0 spiro atoms. The van der Waals surface area contributed by atoms with Crippen molar-refractivity contribution in [1.82, 2.24) is 8.61 Å². The minimum absolute atomic E-state index is 0.00924. The van der Waals surface area contributed by atoms with Crippen molar-refractivity contribution >= 4 is 20.0 Å². The van der Waals surface area contributed by atoms with Crippen molar-refractivity contribution < 1.29 is 21.2 Å². The van der Waals surface area contributed by atoms with E-state index in [-0.39, 0.29) is 36.8 Å². The van der Waals surface area contributed by atoms with E-state index in [1.165, 1.54) is 22.5 Å². The predicted octanol–water partition coefficient (Wildman–Crippen LogP) is 1.66. The molecule has 0 atom stereocenters. The van der Waals surface area contributed by atoms with Crippen molar-refractivity contribution in [1.29, 1.82) is 0 Å². The van der Waals surface area contributed by atoms with E-state index in [9.17, 15) is 21.2 Å². The second-order valence-corrected chi connectivity index (χ2v) is 9.85. The van der Waals surface area contributed by atoms with Crippen LogP contribution in [0.5, 0.6) is 0 Å². The lowest BCUT2D eigenvalue weighted by atomic mass is 10.2. The number of sulfonamides is 2. The van der Waals surface area contributed by atoms with Gasteiger partial charge in [-0.25, -0.2) is 21.2 Å². The number of piperazine rings is 1. The number of hydrogen-bond donors (Lipinski definition) is 0. The number of hydrogen-bond acceptors (Lipinski definition) is 4. The highest BCUT2D eigenvalue weighted by Crippen LogP contribution is 2.22. The molecule has 9 heteroatoms. The molecule has 0 N–H and O–H groups in total. The molecule has 1 aliphatic rings. The van der Waals surface area contributed by atoms with Gasteiger partial charge in [0.15, 0.2) is 0 Å². The van der Waals surface area contributed by atoms with Gasteiger partial charge in [0.2, 0.25) is 20.0 Å². The van der Waals surface area contributed by atoms with Crippen LogP contribution in [-0.4, -0.2) is 51.6 Å². The first-order chi connectivity index (χ1) is 12.3. The Morgan fingerprint density at radius 1 is 0.769 bits per heavy atom. The highest BCUT2D eigenvalue weighted by Gasteiger charge is 2.34. The molecule has 1 aliphatic heterocycles. The number of rotatable bonds is 5. The zero-order chi connectivity index (χ0) is 18.8. The summed E-state index contributed by atoms with van der Waals surface area (Å²) in [6.07, 6.45) is 0. The monoisotopic (exact) mass is 398 g/mol. The molecule has 1 saturated heterocycles. The molecular weight excluding hydrogens is 379 g/mol. The van der Waals surface area contributed by atoms with Gasteiger partial charge in [0.25, 0.3) is 0 Å². The van der Waals surface area contributed by atoms with Crippen molar-refractivity contribution in [3.63, 3.8) is 0 Å². The fourth-order valence-electron chi connectivity index (χ4n) is 2.86. The third kappa shape index (κ3) is 3.96. The van der Waals surface area contributed by atoms with Crippen LogP contribution in [0.3, 0.4) is 0 Å². The van der Waals surface area contributed by atoms with Crippen LogP contribution in [0.25, 0.3) is 0 Å². The molecule has 0 unspecified atom stereocenters. The van der Waals surface area contributed by atoms with E-state index < -0.39 is 25.9 Å². The summed E-state index contributed by atoms with van der Waals surface area (Å²) < 4.78 is 66.5. The molecule has 1 heterocycles. The van der Waals surface area contributed by atoms with Crippen LogP contribution in [0.4, 0.5) is 4.39 Å². The predicted molar refractivity (Wildman–Crippen MR) is 95.8 cm³/mol. The van der Waals surface area contributed by atoms with Gasteiger partial charge in [-0.3, -0.25) is 0 Å². The van der Waals surface area contributed by atoms with E-state index in [2.05, 4.69) is 0 Å². The van der Waals surface area contributed by atoms with Gasteiger partial charge < -0.3 is 0 Å². The van der Waals surface area contributed by atoms with E-state index in [0.29, 0.717) is 5.56 Å². The summed E-state index contributed by atoms with van der Waals surface area (Å²) >= 11 is 0. The van der Waals surface area contributed by atoms with E-state index in [1.807, 2.05) is 6.07 Å². The smallest absolute Gasteiger partial charge is 0.212 e. The van der Waals surface area contributed by atoms with E-state index in [1.54, 1.807) is 24.3 Å². The second-order valence-electron chi connectivity index (χ2n) is 5.98. The third-order valence-electron chi connectivity index (χ3n) is 4.24. The van der Waals surface area contributed by atoms with Gasteiger partial charge in [0.1, 0.15) is 10.7 Å². The Balaban J connectivity index is 1.70. The minimum Gasteiger partial charge on any atom is -0.212 e. The summed E-state index contributed by atoms with van der Waals surface area (Å²) in [4.78, 5) is -0.388. The first kappa shape index (κ1) is 19.0. The fraction of sp³-hybridized carbons (Fsp3) is 0.294. The largest absolute Gasteiger partial charge is 0.246 e. The first-order valence-electron chi connectivity index (χ1n) is 8.07. The lowest BCUT2D eigenvalue weighted by molar-refractivity contribution is 0.272. The van der Waals surface area contributed by atoms with Crippen molar-refractivity contribution in [2.24, 2.45) is 0 Å². The molecule has 0 aromatic heterocycles. The topological polar surface area (TPSA) is 74.8 Å². The van der Waals surface area contributed by atoms with Gasteiger partial charge in [0.05, 0.1) is 5.75 Å². The molecule has 2 aromatic rings. The van der Waals surface area contributed by atoms with Crippen LogP contribution in [0.1, 0.15) is 5.56 Å². The van der Waals surface area contributed by atoms with Crippen LogP contribution in [0.2, 0.25) is 0 Å². The number of nitrogens with zero attached hydrogens (tertiary/aromatic N) is 2. The van der Waals surface area contributed by atoms with Crippen LogP contribution >= 0.6 is 0 Å². The Bertz CT molecular complexity index is 971. The standard InChI is InChI=1S/C17H19FN2O4S2/c18-16-8-4-5-9-17(16)26(23,24)20-12-10-19(11-13-20)25(21,22)14-15-6-2-1-3-7-15/h1-9H,10-14H2. The van der Waals surface area contributed by atoms with E-state index in [0.717, 1.165) is 10.4 Å². The SMILES string of the molecule is O=S(=O)(Cc1ccccc1)N1CCN(S(=O)(=O)c2ccccc2F)CC1. The summed E-state index contributed by atoms with van der Waals surface area (Å²) in [5.41, 5.74) is 0.675. The highest BCUT2D eigenvalue weighted by atomic mass is 32.2. The molecule has 0 saturated carbocycles. The Morgan fingerprint density at radius 3 is 1.92 bits per heavy atom. The maximum atomic E-state index is 13.8. The number of benzene rings is 2. The van der Waals surface area contributed by atoms with Crippen molar-refractivity contribution in [2.45, 2.75) is 10.6 Å². The Hall–Kier alpha value is -1.81. The zero-order valence-electron chi connectivity index (χ0n) is 14.0. The van der Waals surface area contributed by atoms with E-state index in [4.69, 9.17) is 0 Å². The van der Waals surface area contributed by atoms with Gasteiger partial charge >= 0.3 is 0 Å². The van der Waals surface area contributed by atoms with Crippen molar-refractivity contribution in [3.05, 3.63) is 66.0 Å². The van der Waals surface area contributed by atoms with Crippen molar-refractivity contribution in [3.8, 4) is 0 Å². The summed E-state index contributed by atoms with van der Waals surface area (Å²) in [6.45, 7) is 0.0705. The van der Waals surface area contributed by atoms with Crippen molar-refractivity contribution in [2.75, 3.05) is 26.2 Å². The molecule has 0 bridgehead atoms. The lowest BCUT2D eigenvalue weighted by Gasteiger charge is -2.33. The third-order valence-corrected chi connectivity index (χ3v) is 8.02. The molecule has 0 aliphatic carbocycles. The second kappa shape index (κ2) is 7.43. The van der Waals surface area contributed by atoms with E-state index >= 15 is 0 Å². The van der Waals surface area contributed by atoms with Crippen LogP contribution < -0.4 is 0 Å². The van der Waals surface area contributed by atoms with Gasteiger partial charge in [0, 0.05) is 26.2 Å². The van der Waals surface area contributed by atoms with Gasteiger partial charge in [-0.2, -0.15) is 8.61 Å². The van der Waals surface area contributed by atoms with Gasteiger partial charge in [-0.1, -0.05) is 42.5 Å². The molecule has 3 rings (SSSR count). The van der Waals surface area contributed by atoms with Gasteiger partial charge in [-0.15, -0.1) is 0 Å². The average molecular weight is 398 g/mol. The van der Waals surface area contributed by atoms with Crippen LogP contribution in [0, 0.1) is 5.82 Å². The molecule has 1 fully saturated rings. The molecule has 26 heavy (non-hydrogen) atoms. The fourth-order valence-corrected chi connectivity index (χ4v) is 5.86. The summed E-state index contributed by atoms with van der Waals surface area (Å²) in [6, 6.07) is 14.0. The maximum absolute atomic E-state index is 13.8. The summed E-state index contributed by atoms with van der Waals surface area (Å²) in [5, 5.41) is 0. The lowest BCUT2D eigenvalue weighted by Crippen LogP contribution is -2.50. The average Bonchev–Trinajstić information content (AvgIpc) is 2.62. The molecule has 140 valence electrons. The normalized spacial score (nSPS) is 17.3. The zero-order valence-corrected chi connectivity index (χ0v) is 15.6. The van der Waals surface area contributed by atoms with Gasteiger partial charge in [-0.05, 0) is 17.7 Å². The summed E-state index contributed by atoms with van der Waals surface area (Å²) in [7, 11) is -7.52. The molecule has 6 nitrogen and oxygen atoms in total. The van der Waals surface area contributed by atoms with Crippen LogP contribution in [-0.2, 0) is 25.8 Å². The molecule has 0 radical (unpaired) electrons. The quantitative estimate of drug-likeness (QED) is 0.768. The first-order valence-corrected chi connectivity index (χ1v) is 11.1. The minimum atomic E-state index is -3.98. The highest BCUT2D eigenvalue weighted by molar-refractivity contribution is 7.89. The Kier molecular flexibility index (Phi) is 5.42. The maximum Gasteiger partial charge on any atom is 0.246 e. The molecular formula is C17H19FN2O4S2. The summed E-state index contributed by atoms with van der Waals surface area (Å²) in [5.74, 6) is -0.944. The van der Waals surface area contributed by atoms with Crippen LogP contribution in [0.15, 0.2) is 59.5 Å². The number of halogens is 1. The molecule has 2 aromatic carbocycles. The Morgan fingerprint density at radius 2 is 1.31 bits per heavy atom.